The SMILES string of the molecule is CC(C)(C)OC(=O)N(C/C=C/C1CC1)CC(=O)O. The van der Waals surface area contributed by atoms with Crippen LogP contribution in [0.25, 0.3) is 0 Å². The number of carboxylic acid groups (broad SMARTS) is 1. The second-order valence-corrected chi connectivity index (χ2v) is 5.52. The number of carboxylic acids is 1. The highest BCUT2D eigenvalue weighted by molar-refractivity contribution is 5.77. The van der Waals surface area contributed by atoms with Gasteiger partial charge in [-0.15, -0.1) is 0 Å². The van der Waals surface area contributed by atoms with Gasteiger partial charge in [-0.3, -0.25) is 9.69 Å². The molecule has 0 saturated heterocycles. The summed E-state index contributed by atoms with van der Waals surface area (Å²) in [6.45, 7) is 5.19. The monoisotopic (exact) mass is 255 g/mol. The quantitative estimate of drug-likeness (QED) is 0.765. The van der Waals surface area contributed by atoms with E-state index in [1.54, 1.807) is 20.8 Å². The first-order valence-corrected chi connectivity index (χ1v) is 6.14. The fraction of sp³-hybridized carbons (Fsp3) is 0.692. The van der Waals surface area contributed by atoms with Crippen molar-refractivity contribution in [1.82, 2.24) is 4.90 Å². The van der Waals surface area contributed by atoms with Gasteiger partial charge >= 0.3 is 12.1 Å². The van der Waals surface area contributed by atoms with Crippen LogP contribution in [0.1, 0.15) is 33.6 Å². The topological polar surface area (TPSA) is 66.8 Å². The molecular weight excluding hydrogens is 234 g/mol. The van der Waals surface area contributed by atoms with Crippen LogP contribution in [-0.2, 0) is 9.53 Å². The van der Waals surface area contributed by atoms with Crippen molar-refractivity contribution in [1.29, 1.82) is 0 Å². The number of aliphatic carboxylic acids is 1. The maximum absolute atomic E-state index is 11.8. The summed E-state index contributed by atoms with van der Waals surface area (Å²) in [5, 5.41) is 8.78. The van der Waals surface area contributed by atoms with Crippen LogP contribution in [0.3, 0.4) is 0 Å². The Kier molecular flexibility index (Phi) is 4.76. The van der Waals surface area contributed by atoms with E-state index in [9.17, 15) is 9.59 Å². The zero-order chi connectivity index (χ0) is 13.8. The normalized spacial score (nSPS) is 15.7. The molecule has 1 rings (SSSR count). The van der Waals surface area contributed by atoms with Crippen LogP contribution < -0.4 is 0 Å². The van der Waals surface area contributed by atoms with E-state index in [0.717, 1.165) is 0 Å². The molecule has 102 valence electrons. The van der Waals surface area contributed by atoms with Gasteiger partial charge in [0.15, 0.2) is 0 Å². The molecule has 0 aliphatic heterocycles. The minimum atomic E-state index is -1.04. The lowest BCUT2D eigenvalue weighted by atomic mass is 10.2. The van der Waals surface area contributed by atoms with E-state index in [1.807, 2.05) is 12.2 Å². The van der Waals surface area contributed by atoms with Gasteiger partial charge in [-0.1, -0.05) is 12.2 Å². The van der Waals surface area contributed by atoms with Crippen molar-refractivity contribution in [2.45, 2.75) is 39.2 Å². The third-order valence-electron chi connectivity index (χ3n) is 2.33. The number of allylic oxidation sites excluding steroid dienone is 1. The van der Waals surface area contributed by atoms with Crippen molar-refractivity contribution >= 4 is 12.1 Å². The zero-order valence-corrected chi connectivity index (χ0v) is 11.2. The molecule has 1 fully saturated rings. The fourth-order valence-electron chi connectivity index (χ4n) is 1.36. The standard InChI is InChI=1S/C13H21NO4/c1-13(2,3)18-12(17)14(9-11(15)16)8-4-5-10-6-7-10/h4-5,10H,6-9H2,1-3H3,(H,15,16)/b5-4+. The smallest absolute Gasteiger partial charge is 0.411 e. The molecule has 0 spiro atoms. The van der Waals surface area contributed by atoms with Gasteiger partial charge in [-0.2, -0.15) is 0 Å². The number of hydrogen-bond donors (Lipinski definition) is 1. The van der Waals surface area contributed by atoms with Crippen LogP contribution in [0.5, 0.6) is 0 Å². The maximum Gasteiger partial charge on any atom is 0.411 e. The van der Waals surface area contributed by atoms with E-state index in [1.165, 1.54) is 17.7 Å². The molecule has 0 aromatic rings. The summed E-state index contributed by atoms with van der Waals surface area (Å²) in [5.74, 6) is -0.434. The van der Waals surface area contributed by atoms with Gasteiger partial charge in [0.2, 0.25) is 0 Å². The van der Waals surface area contributed by atoms with Gasteiger partial charge < -0.3 is 9.84 Å². The van der Waals surface area contributed by atoms with Gasteiger partial charge in [0, 0.05) is 6.54 Å². The minimum absolute atomic E-state index is 0.276. The molecule has 1 aliphatic rings. The molecule has 0 atom stereocenters. The van der Waals surface area contributed by atoms with Gasteiger partial charge in [0.05, 0.1) is 0 Å². The van der Waals surface area contributed by atoms with Gasteiger partial charge in [-0.25, -0.2) is 4.79 Å². The summed E-state index contributed by atoms with van der Waals surface area (Å²) in [6.07, 6.45) is 5.64. The van der Waals surface area contributed by atoms with E-state index in [-0.39, 0.29) is 13.1 Å². The first-order chi connectivity index (χ1) is 8.28. The molecule has 0 heterocycles. The molecule has 0 bridgehead atoms. The lowest BCUT2D eigenvalue weighted by Gasteiger charge is -2.25. The Morgan fingerprint density at radius 2 is 2.00 bits per heavy atom. The number of amides is 1. The molecular formula is C13H21NO4. The molecule has 5 heteroatoms. The number of carbonyl (C=O) groups is 2. The number of ether oxygens (including phenoxy) is 1. The summed E-state index contributed by atoms with van der Waals surface area (Å²) in [5.41, 5.74) is -0.617. The summed E-state index contributed by atoms with van der Waals surface area (Å²) in [4.78, 5) is 23.7. The van der Waals surface area contributed by atoms with E-state index in [0.29, 0.717) is 5.92 Å². The second kappa shape index (κ2) is 5.89. The molecule has 0 aromatic carbocycles. The second-order valence-electron chi connectivity index (χ2n) is 5.52. The van der Waals surface area contributed by atoms with E-state index < -0.39 is 17.7 Å². The van der Waals surface area contributed by atoms with Crippen LogP contribution in [0.4, 0.5) is 4.79 Å². The minimum Gasteiger partial charge on any atom is -0.480 e. The Balaban J connectivity index is 2.52. The Hall–Kier alpha value is -1.52. The fourth-order valence-corrected chi connectivity index (χ4v) is 1.36. The summed E-state index contributed by atoms with van der Waals surface area (Å²) >= 11 is 0. The predicted molar refractivity (Wildman–Crippen MR) is 67.3 cm³/mol. The molecule has 1 saturated carbocycles. The number of rotatable bonds is 5. The average Bonchev–Trinajstić information content (AvgIpc) is 2.96. The molecule has 1 amide bonds. The molecule has 1 N–H and O–H groups in total. The highest BCUT2D eigenvalue weighted by atomic mass is 16.6. The largest absolute Gasteiger partial charge is 0.480 e. The summed E-state index contributed by atoms with van der Waals surface area (Å²) < 4.78 is 5.16. The van der Waals surface area contributed by atoms with Crippen LogP contribution in [0.2, 0.25) is 0 Å². The van der Waals surface area contributed by atoms with Crippen LogP contribution in [-0.4, -0.2) is 40.8 Å². The zero-order valence-electron chi connectivity index (χ0n) is 11.2. The van der Waals surface area contributed by atoms with Gasteiger partial charge in [0.1, 0.15) is 12.1 Å². The highest BCUT2D eigenvalue weighted by Gasteiger charge is 2.23. The molecule has 18 heavy (non-hydrogen) atoms. The maximum atomic E-state index is 11.8. The van der Waals surface area contributed by atoms with Crippen LogP contribution in [0, 0.1) is 5.92 Å². The number of carbonyl (C=O) groups excluding carboxylic acids is 1. The highest BCUT2D eigenvalue weighted by Crippen LogP contribution is 2.29. The predicted octanol–water partition coefficient (Wildman–Crippen LogP) is 2.27. The lowest BCUT2D eigenvalue weighted by molar-refractivity contribution is -0.138. The van der Waals surface area contributed by atoms with Crippen molar-refractivity contribution in [3.63, 3.8) is 0 Å². The Labute approximate surface area is 107 Å². The third-order valence-corrected chi connectivity index (χ3v) is 2.33. The molecule has 1 aliphatic carbocycles. The van der Waals surface area contributed by atoms with Crippen molar-refractivity contribution in [2.75, 3.05) is 13.1 Å². The summed E-state index contributed by atoms with van der Waals surface area (Å²) in [6, 6.07) is 0. The van der Waals surface area contributed by atoms with Crippen molar-refractivity contribution in [3.8, 4) is 0 Å². The Morgan fingerprint density at radius 3 is 2.44 bits per heavy atom. The van der Waals surface area contributed by atoms with Crippen molar-refractivity contribution in [3.05, 3.63) is 12.2 Å². The van der Waals surface area contributed by atoms with E-state index in [2.05, 4.69) is 0 Å². The third kappa shape index (κ3) is 6.27. The summed E-state index contributed by atoms with van der Waals surface area (Å²) in [7, 11) is 0. The molecule has 0 aromatic heterocycles. The molecule has 5 nitrogen and oxygen atoms in total. The van der Waals surface area contributed by atoms with Crippen LogP contribution >= 0.6 is 0 Å². The first kappa shape index (κ1) is 14.5. The molecule has 0 radical (unpaired) electrons. The Bertz CT molecular complexity index is 339. The average molecular weight is 255 g/mol. The number of hydrogen-bond acceptors (Lipinski definition) is 3. The van der Waals surface area contributed by atoms with Gasteiger partial charge in [-0.05, 0) is 39.5 Å². The molecule has 0 unspecified atom stereocenters. The first-order valence-electron chi connectivity index (χ1n) is 6.14. The Morgan fingerprint density at radius 1 is 1.39 bits per heavy atom. The van der Waals surface area contributed by atoms with E-state index in [4.69, 9.17) is 9.84 Å². The van der Waals surface area contributed by atoms with Crippen LogP contribution in [0.15, 0.2) is 12.2 Å². The van der Waals surface area contributed by atoms with Gasteiger partial charge in [0.25, 0.3) is 0 Å². The van der Waals surface area contributed by atoms with Crippen molar-refractivity contribution in [2.24, 2.45) is 5.92 Å². The number of nitrogens with zero attached hydrogens (tertiary/aromatic N) is 1. The van der Waals surface area contributed by atoms with Crippen molar-refractivity contribution < 1.29 is 19.4 Å². The van der Waals surface area contributed by atoms with E-state index >= 15 is 0 Å². The lowest BCUT2D eigenvalue weighted by Crippen LogP contribution is -2.39.